The van der Waals surface area contributed by atoms with E-state index in [1.54, 1.807) is 6.08 Å². The number of benzene rings is 1. The molecule has 15 unspecified atom stereocenters. The van der Waals surface area contributed by atoms with Gasteiger partial charge >= 0.3 is 0 Å². The molecule has 1 heterocycles. The highest BCUT2D eigenvalue weighted by Crippen LogP contribution is 2.27. The first-order chi connectivity index (χ1) is 34.1. The van der Waals surface area contributed by atoms with E-state index in [1.807, 2.05) is 37.3 Å². The van der Waals surface area contributed by atoms with Crippen molar-refractivity contribution in [1.82, 2.24) is 10.2 Å². The fourth-order valence-electron chi connectivity index (χ4n) is 9.66. The second-order valence-corrected chi connectivity index (χ2v) is 20.5. The Morgan fingerprint density at radius 3 is 1.36 bits per heavy atom. The van der Waals surface area contributed by atoms with Crippen LogP contribution in [0.3, 0.4) is 0 Å². The van der Waals surface area contributed by atoms with Gasteiger partial charge in [-0.05, 0) is 102 Å². The van der Waals surface area contributed by atoms with Crippen LogP contribution in [0, 0.1) is 5.92 Å². The van der Waals surface area contributed by atoms with Crippen molar-refractivity contribution in [3.8, 4) is 0 Å². The lowest BCUT2D eigenvalue weighted by molar-refractivity contribution is -0.139. The summed E-state index contributed by atoms with van der Waals surface area (Å²) in [7, 11) is 1.50. The molecular weight excluding hydrogens is 937 g/mol. The van der Waals surface area contributed by atoms with E-state index in [4.69, 9.17) is 4.74 Å². The molecule has 15 atom stereocenters. The molecule has 0 spiro atoms. The number of hydrogen-bond donors (Lipinski definition) is 14. The van der Waals surface area contributed by atoms with Gasteiger partial charge < -0.3 is 76.4 Å². The molecule has 72 heavy (non-hydrogen) atoms. The predicted octanol–water partition coefficient (Wildman–Crippen LogP) is 1.32. The molecule has 3 amide bonds. The van der Waals surface area contributed by atoms with Gasteiger partial charge in [0.1, 0.15) is 11.8 Å². The van der Waals surface area contributed by atoms with Gasteiger partial charge in [-0.1, -0.05) is 81.4 Å². The summed E-state index contributed by atoms with van der Waals surface area (Å²) >= 11 is 0. The number of rotatable bonds is 41. The van der Waals surface area contributed by atoms with Gasteiger partial charge in [0.15, 0.2) is 0 Å². The average Bonchev–Trinajstić information content (AvgIpc) is 3.58. The molecule has 0 aromatic heterocycles. The van der Waals surface area contributed by atoms with Crippen LogP contribution >= 0.6 is 0 Å². The van der Waals surface area contributed by atoms with Crippen molar-refractivity contribution in [3.63, 3.8) is 0 Å². The van der Waals surface area contributed by atoms with Crippen molar-refractivity contribution in [2.24, 2.45) is 5.92 Å². The van der Waals surface area contributed by atoms with Gasteiger partial charge in [0.2, 0.25) is 6.41 Å². The van der Waals surface area contributed by atoms with Crippen LogP contribution in [0.15, 0.2) is 53.8 Å². The fraction of sp³-hybridized carbons (Fsp3) is 0.755. The Bertz CT molecular complexity index is 1710. The smallest absolute Gasteiger partial charge is 0.257 e. The minimum absolute atomic E-state index is 0.0597. The zero-order chi connectivity index (χ0) is 53.8. The summed E-state index contributed by atoms with van der Waals surface area (Å²) < 4.78 is 5.45. The zero-order valence-electron chi connectivity index (χ0n) is 42.7. The number of carbonyl (C=O) groups excluding carboxylic acids is 3. The van der Waals surface area contributed by atoms with E-state index >= 15 is 0 Å². The number of hydrogen-bond acceptors (Lipinski definition) is 17. The molecular formula is C53H90N2O17. The van der Waals surface area contributed by atoms with Crippen molar-refractivity contribution in [2.75, 3.05) is 13.7 Å². The summed E-state index contributed by atoms with van der Waals surface area (Å²) in [6.45, 7) is 3.99. The summed E-state index contributed by atoms with van der Waals surface area (Å²) in [6, 6.07) is 9.17. The Hall–Kier alpha value is -3.41. The lowest BCUT2D eigenvalue weighted by Gasteiger charge is -2.24. The fourth-order valence-corrected chi connectivity index (χ4v) is 9.66. The third kappa shape index (κ3) is 28.3. The second-order valence-electron chi connectivity index (χ2n) is 20.5. The number of methoxy groups -OCH3 is 1. The molecule has 0 radical (unpaired) electrons. The van der Waals surface area contributed by atoms with Crippen LogP contribution in [-0.4, -0.2) is 189 Å². The van der Waals surface area contributed by atoms with Gasteiger partial charge in [0.25, 0.3) is 11.8 Å². The minimum atomic E-state index is -1.22. The number of allylic oxidation sites excluding steroid dienone is 1. The average molecular weight is 1030 g/mol. The van der Waals surface area contributed by atoms with Crippen molar-refractivity contribution in [2.45, 2.75) is 234 Å². The maximum Gasteiger partial charge on any atom is 0.257 e. The number of nitrogens with zero attached hydrogens (tertiary/aromatic N) is 1. The van der Waals surface area contributed by atoms with Gasteiger partial charge in [0, 0.05) is 31.5 Å². The molecule has 14 N–H and O–H groups in total. The van der Waals surface area contributed by atoms with E-state index in [0.29, 0.717) is 30.9 Å². The van der Waals surface area contributed by atoms with Gasteiger partial charge in [-0.2, -0.15) is 0 Å². The van der Waals surface area contributed by atoms with E-state index in [2.05, 4.69) is 12.2 Å². The normalized spacial score (nSPS) is 20.2. The molecule has 0 fully saturated rings. The number of amides is 3. The Kier molecular flexibility index (Phi) is 32.1. The van der Waals surface area contributed by atoms with Crippen molar-refractivity contribution < 1.29 is 85.5 Å². The number of unbranched alkanes of at least 4 members (excludes halogenated alkanes) is 4. The van der Waals surface area contributed by atoms with Crippen LogP contribution in [0.4, 0.5) is 0 Å². The van der Waals surface area contributed by atoms with E-state index in [0.717, 1.165) is 56.1 Å². The van der Waals surface area contributed by atoms with Crippen LogP contribution in [0.2, 0.25) is 0 Å². The van der Waals surface area contributed by atoms with Crippen molar-refractivity contribution in [3.05, 3.63) is 59.4 Å². The van der Waals surface area contributed by atoms with Crippen molar-refractivity contribution in [1.29, 1.82) is 0 Å². The summed E-state index contributed by atoms with van der Waals surface area (Å²) in [5, 5.41) is 136. The molecule has 1 aromatic rings. The maximum absolute atomic E-state index is 13.3. The number of aliphatic hydroxyl groups excluding tert-OH is 13. The molecule has 19 heteroatoms. The molecule has 0 saturated heterocycles. The quantitative estimate of drug-likeness (QED) is 0.0250. The molecule has 414 valence electrons. The first kappa shape index (κ1) is 64.7. The molecule has 2 rings (SSSR count). The highest BCUT2D eigenvalue weighted by atomic mass is 16.5. The molecule has 0 saturated carbocycles. The molecule has 1 aromatic carbocycles. The third-order valence-corrected chi connectivity index (χ3v) is 13.1. The van der Waals surface area contributed by atoms with Crippen LogP contribution in [0.5, 0.6) is 0 Å². The van der Waals surface area contributed by atoms with Gasteiger partial charge in [-0.3, -0.25) is 19.3 Å². The lowest BCUT2D eigenvalue weighted by Crippen LogP contribution is -2.41. The van der Waals surface area contributed by atoms with Crippen LogP contribution in [0.1, 0.15) is 148 Å². The minimum Gasteiger partial charge on any atom is -0.499 e. The molecule has 19 nitrogen and oxygen atoms in total. The Labute approximate surface area is 425 Å². The number of ether oxygens (including phenoxy) is 1. The third-order valence-electron chi connectivity index (χ3n) is 13.1. The van der Waals surface area contributed by atoms with E-state index in [-0.39, 0.29) is 95.4 Å². The number of nitrogens with one attached hydrogen (secondary N) is 1. The Morgan fingerprint density at radius 2 is 0.958 bits per heavy atom. The SMILES string of the molecule is COC1=CC(=O)N(C(=O)C=C(C)CC(C)CCCCCCCC(O)CC(O)CC(O)CC(O)CC(O)CC(O)CC(O)CC(O)CC(O)CC(O)CC(O)CC(O)CC(O)CNC=O)C1Cc1ccccc1. The van der Waals surface area contributed by atoms with Gasteiger partial charge in [0.05, 0.1) is 86.5 Å². The van der Waals surface area contributed by atoms with Crippen LogP contribution < -0.4 is 5.32 Å². The topological polar surface area (TPSA) is 339 Å². The molecule has 1 aliphatic rings. The zero-order valence-corrected chi connectivity index (χ0v) is 42.7. The monoisotopic (exact) mass is 1030 g/mol. The Balaban J connectivity index is 1.56. The summed E-state index contributed by atoms with van der Waals surface area (Å²) in [5.74, 6) is 0.0821. The molecule has 1 aliphatic heterocycles. The molecule has 0 aliphatic carbocycles. The summed E-state index contributed by atoms with van der Waals surface area (Å²) in [6.07, 6.45) is -5.81. The predicted molar refractivity (Wildman–Crippen MR) is 268 cm³/mol. The van der Waals surface area contributed by atoms with Crippen LogP contribution in [-0.2, 0) is 25.5 Å². The molecule has 0 bridgehead atoms. The van der Waals surface area contributed by atoms with Crippen molar-refractivity contribution >= 4 is 18.2 Å². The number of carbonyl (C=O) groups is 3. The Morgan fingerprint density at radius 1 is 0.583 bits per heavy atom. The number of imide groups is 1. The highest BCUT2D eigenvalue weighted by Gasteiger charge is 2.37. The van der Waals surface area contributed by atoms with E-state index in [9.17, 15) is 80.8 Å². The summed E-state index contributed by atoms with van der Waals surface area (Å²) in [4.78, 5) is 37.7. The lowest BCUT2D eigenvalue weighted by atomic mass is 9.94. The van der Waals surface area contributed by atoms with Gasteiger partial charge in [-0.25, -0.2) is 0 Å². The van der Waals surface area contributed by atoms with Crippen LogP contribution in [0.25, 0.3) is 0 Å². The highest BCUT2D eigenvalue weighted by molar-refractivity contribution is 6.08. The van der Waals surface area contributed by atoms with Gasteiger partial charge in [-0.15, -0.1) is 0 Å². The maximum atomic E-state index is 13.3. The van der Waals surface area contributed by atoms with E-state index < -0.39 is 85.4 Å². The first-order valence-electron chi connectivity index (χ1n) is 25.9. The van der Waals surface area contributed by atoms with E-state index in [1.165, 1.54) is 18.1 Å². The standard InChI is InChI=1S/C53H90N2O17/c1-34(16-35(2)17-52(70)55-50(51(72-3)31-53(55)71)18-36-13-9-7-10-14-36)12-8-5-4-6-11-15-37(57)19-38(58)20-39(59)21-40(60)22-41(61)23-42(62)24-43(63)25-44(64)26-45(65)27-46(66)28-47(67)29-48(68)30-49(69)32-54-33-56/h7,9-10,13-14,17,31,33-34,37-50,57-69H,4-6,8,11-12,15-16,18-30,32H2,1-3H3,(H,54,56). The summed E-state index contributed by atoms with van der Waals surface area (Å²) in [5.41, 5.74) is 1.90. The number of aliphatic hydroxyl groups is 13. The largest absolute Gasteiger partial charge is 0.499 e. The second kappa shape index (κ2) is 35.7. The first-order valence-corrected chi connectivity index (χ1v) is 25.9.